The molecule has 0 radical (unpaired) electrons. The van der Waals surface area contributed by atoms with Gasteiger partial charge in [-0.2, -0.15) is 0 Å². The monoisotopic (exact) mass is 1340 g/mol. The van der Waals surface area contributed by atoms with E-state index >= 15 is 0 Å². The molecule has 7 aromatic heterocycles. The topological polar surface area (TPSA) is 209 Å². The van der Waals surface area contributed by atoms with E-state index in [4.69, 9.17) is 79.7 Å². The van der Waals surface area contributed by atoms with Crippen molar-refractivity contribution in [1.29, 1.82) is 0 Å². The van der Waals surface area contributed by atoms with E-state index in [1.165, 1.54) is 0 Å². The minimum atomic E-state index is 0. The smallest absolute Gasteiger partial charge is 0.354 e. The quantitative estimate of drug-likeness (QED) is 0.102. The zero-order valence-electron chi connectivity index (χ0n) is 55.0. The van der Waals surface area contributed by atoms with E-state index in [0.717, 1.165) is 44.5 Å². The minimum Gasteiger partial charge on any atom is -0.354 e. The molecule has 0 fully saturated rings. The summed E-state index contributed by atoms with van der Waals surface area (Å²) in [7, 11) is 0. The van der Waals surface area contributed by atoms with Crippen LogP contribution >= 0.6 is 0 Å². The van der Waals surface area contributed by atoms with Gasteiger partial charge in [0.05, 0.1) is 0 Å². The summed E-state index contributed by atoms with van der Waals surface area (Å²) in [6, 6.07) is 76.3. The second-order valence-electron chi connectivity index (χ2n) is 22.9. The van der Waals surface area contributed by atoms with Crippen LogP contribution in [0.3, 0.4) is 0 Å². The maximum Gasteiger partial charge on any atom is 2.00 e. The average Bonchev–Trinajstić information content (AvgIpc) is 1.53. The van der Waals surface area contributed by atoms with Gasteiger partial charge in [0.2, 0.25) is 0 Å². The van der Waals surface area contributed by atoms with Gasteiger partial charge >= 0.3 is 23.1 Å². The van der Waals surface area contributed by atoms with Gasteiger partial charge in [-0.05, 0) is 144 Å². The van der Waals surface area contributed by atoms with E-state index in [0.29, 0.717) is 0 Å². The van der Waals surface area contributed by atoms with Crippen LogP contribution in [0.5, 0.6) is 0 Å². The van der Waals surface area contributed by atoms with Crippen molar-refractivity contribution in [1.82, 2.24) is 79.7 Å². The molecule has 0 saturated heterocycles. The van der Waals surface area contributed by atoms with Crippen LogP contribution in [0.1, 0.15) is 90.1 Å². The van der Waals surface area contributed by atoms with Crippen molar-refractivity contribution in [3.63, 3.8) is 0 Å². The number of rotatable bonds is 0. The number of aromatic nitrogens is 16. The van der Waals surface area contributed by atoms with Crippen LogP contribution in [-0.2, 0) is 0 Å². The number of hydrogen-bond acceptors (Lipinski definition) is 14. The van der Waals surface area contributed by atoms with Gasteiger partial charge < -0.3 is 29.9 Å². The van der Waals surface area contributed by atoms with Gasteiger partial charge in [0.25, 0.3) is 0 Å². The third-order valence-corrected chi connectivity index (χ3v) is 15.8. The molecule has 474 valence electrons. The Morgan fingerprint density at radius 1 is 0.162 bits per heavy atom. The maximum absolute atomic E-state index is 5.27. The summed E-state index contributed by atoms with van der Waals surface area (Å²) >= 11 is 0. The fourth-order valence-corrected chi connectivity index (χ4v) is 10.8. The summed E-state index contributed by atoms with van der Waals surface area (Å²) in [6.45, 7) is 0. The number of fused-ring (bicyclic) bond motifs is 20. The van der Waals surface area contributed by atoms with E-state index in [9.17, 15) is 0 Å². The fraction of sp³-hybridized carbons (Fsp3) is 0. The normalized spacial score (nSPS) is 10.4. The summed E-state index contributed by atoms with van der Waals surface area (Å²) in [5.74, 6) is 52.3. The van der Waals surface area contributed by atoms with Gasteiger partial charge in [-0.15, -0.1) is 0 Å². The molecule has 0 aliphatic carbocycles. The molecule has 2 aliphatic heterocycles. The molecule has 17 heteroatoms. The van der Waals surface area contributed by atoms with E-state index in [2.05, 4.69) is 94.7 Å². The second-order valence-corrected chi connectivity index (χ2v) is 22.9. The van der Waals surface area contributed by atoms with Gasteiger partial charge in [-0.3, -0.25) is 0 Å². The average molecular weight is 1350 g/mol. The van der Waals surface area contributed by atoms with Gasteiger partial charge in [0.15, 0.2) is 0 Å². The second kappa shape index (κ2) is 29.2. The summed E-state index contributed by atoms with van der Waals surface area (Å²) in [6.07, 6.45) is 0. The number of nitrogens with zero attached hydrogens (tertiary/aromatic N) is 16. The molecule has 0 spiro atoms. The van der Waals surface area contributed by atoms with Gasteiger partial charge in [-0.25, -0.2) is 49.8 Å². The van der Waals surface area contributed by atoms with Crippen LogP contribution in [0.4, 0.5) is 0 Å². The summed E-state index contributed by atoms with van der Waals surface area (Å²) in [5.41, 5.74) is 9.07. The molecule has 16 nitrogen and oxygen atoms in total. The predicted molar refractivity (Wildman–Crippen MR) is 401 cm³/mol. The Labute approximate surface area is 616 Å². The van der Waals surface area contributed by atoms with E-state index < -0.39 is 0 Å². The third kappa shape index (κ3) is 14.2. The summed E-state index contributed by atoms with van der Waals surface area (Å²) < 4.78 is 0. The van der Waals surface area contributed by atoms with Crippen molar-refractivity contribution >= 4 is 67.7 Å². The summed E-state index contributed by atoms with van der Waals surface area (Å²) in [4.78, 5) is 83.7. The Balaban J connectivity index is 0.00000847. The van der Waals surface area contributed by atoms with Gasteiger partial charge in [0.1, 0.15) is 114 Å². The van der Waals surface area contributed by atoms with Crippen molar-refractivity contribution in [2.24, 2.45) is 0 Å². The van der Waals surface area contributed by atoms with Crippen LogP contribution in [-0.4, -0.2) is 92.8 Å². The van der Waals surface area contributed by atoms with E-state index in [1.807, 2.05) is 243 Å². The first-order valence-corrected chi connectivity index (χ1v) is 32.4. The molecule has 8 bridgehead atoms. The first-order chi connectivity index (χ1) is 51.5. The molecule has 2 aliphatic rings. The fourth-order valence-electron chi connectivity index (χ4n) is 10.8. The maximum atomic E-state index is 5.27. The summed E-state index contributed by atoms with van der Waals surface area (Å²) in [5, 5.41) is 0. The van der Waals surface area contributed by atoms with Crippen LogP contribution < -0.4 is 9.97 Å². The Morgan fingerprint density at radius 2 is 0.314 bits per heavy atom. The zero-order chi connectivity index (χ0) is 69.4. The molecule has 15 aromatic rings. The first-order valence-electron chi connectivity index (χ1n) is 32.4. The number of benzene rings is 8. The Morgan fingerprint density at radius 3 is 0.476 bits per heavy atom. The van der Waals surface area contributed by atoms with Crippen LogP contribution in [0.2, 0.25) is 0 Å². The van der Waals surface area contributed by atoms with Crippen LogP contribution in [0.25, 0.3) is 90.7 Å². The molecule has 9 heterocycles. The third-order valence-electron chi connectivity index (χ3n) is 15.8. The molecule has 0 atom stereocenters. The molecule has 0 N–H and O–H groups in total. The van der Waals surface area contributed by atoms with Crippen molar-refractivity contribution in [2.45, 2.75) is 0 Å². The molecular weight excluding hydrogens is 1310 g/mol. The van der Waals surface area contributed by atoms with Crippen LogP contribution in [0, 0.1) is 94.7 Å². The first kappa shape index (κ1) is 64.4. The van der Waals surface area contributed by atoms with E-state index in [1.54, 1.807) is 0 Å². The molecule has 105 heavy (non-hydrogen) atoms. The molecule has 0 saturated carbocycles. The van der Waals surface area contributed by atoms with Crippen LogP contribution in [0.15, 0.2) is 243 Å². The minimum absolute atomic E-state index is 0. The van der Waals surface area contributed by atoms with Crippen molar-refractivity contribution in [3.8, 4) is 141 Å². The zero-order valence-corrected chi connectivity index (χ0v) is 56.4. The SMILES string of the molecule is C(#Cc1nc2c(nc1C#Cc1ccccc1)-c1nc-2nc2[n-]c(nc3nc(nc4[n-]c(n1)c1nc(C#Cc5ccccc5)c(C#Cc5ccccc5)nc41)-c1nc(C#Cc4ccccc4)c(C#Cc4ccccc4)nc1-3)c1nc(C#Cc3ccccc3)c(C#Cc3ccccc3)nc21)c1ccccc1.[Mg+2]. The predicted octanol–water partition coefficient (Wildman–Crippen LogP) is 12.1. The molecule has 8 aromatic carbocycles. The Kier molecular flexibility index (Phi) is 17.9. The Hall–Kier alpha value is -15.3. The Bertz CT molecular complexity index is 5930. The molecular formula is C88H40MgN16. The molecule has 0 amide bonds. The van der Waals surface area contributed by atoms with Gasteiger partial charge in [-0.1, -0.05) is 193 Å². The van der Waals surface area contributed by atoms with Crippen molar-refractivity contribution < 1.29 is 0 Å². The van der Waals surface area contributed by atoms with Gasteiger partial charge in [0, 0.05) is 67.1 Å². The van der Waals surface area contributed by atoms with Crippen molar-refractivity contribution in [2.75, 3.05) is 0 Å². The molecule has 17 rings (SSSR count). The largest absolute Gasteiger partial charge is 2.00 e. The van der Waals surface area contributed by atoms with E-state index in [-0.39, 0.29) is 159 Å². The molecule has 0 unspecified atom stereocenters. The van der Waals surface area contributed by atoms with Crippen molar-refractivity contribution in [3.05, 3.63) is 333 Å². The number of hydrogen-bond donors (Lipinski definition) is 0. The standard InChI is InChI=1S/C88H40N16.Mg/c1-9-25-57(26-10-1)41-49-65-66(50-42-58-27-11-2-12-28-58)90-74-73(89-65)81-97-82(74)102-84-77-78(94-70(54-46-62-35-19-6-20-36-62)69(93-77)53-45-61-33-17-5-18-34-61)86(99-84)104-88-80-79(95-71(55-47-63-37-21-7-22-38-63)72(96-80)56-48-64-39-23-8-24-40-64)87(100-88)103-85-76-75(83(98-85)101-81)91-67(51-43-59-29-13-3-14-30-59)68(92-76)52-44-60-31-15-4-16-32-60;/h1-40H;/q-2;+2.